The van der Waals surface area contributed by atoms with Crippen molar-refractivity contribution in [1.29, 1.82) is 0 Å². The predicted molar refractivity (Wildman–Crippen MR) is 81.5 cm³/mol. The average molecular weight is 272 g/mol. The molecule has 2 rings (SSSR count). The zero-order valence-corrected chi connectivity index (χ0v) is 12.0. The molecule has 1 aromatic carbocycles. The molecule has 0 spiro atoms. The van der Waals surface area contributed by atoms with Gasteiger partial charge in [-0.05, 0) is 18.6 Å². The number of benzene rings is 1. The summed E-state index contributed by atoms with van der Waals surface area (Å²) in [7, 11) is 2.00. The van der Waals surface area contributed by atoms with Gasteiger partial charge in [0, 0.05) is 24.7 Å². The number of fused-ring (bicyclic) bond motifs is 1. The third-order valence-corrected chi connectivity index (χ3v) is 3.42. The quantitative estimate of drug-likeness (QED) is 0.817. The van der Waals surface area contributed by atoms with E-state index in [9.17, 15) is 9.90 Å². The van der Waals surface area contributed by atoms with Gasteiger partial charge in [0.1, 0.15) is 0 Å². The summed E-state index contributed by atoms with van der Waals surface area (Å²) in [5.41, 5.74) is 1.76. The normalized spacial score (nSPS) is 10.7. The topological polar surface area (TPSA) is 53.4 Å². The van der Waals surface area contributed by atoms with Crippen LogP contribution in [-0.2, 0) is 0 Å². The first-order valence-corrected chi connectivity index (χ1v) is 6.97. The van der Waals surface area contributed by atoms with Crippen molar-refractivity contribution in [1.82, 2.24) is 4.98 Å². The number of pyridine rings is 1. The smallest absolute Gasteiger partial charge is 0.354 e. The number of hydrogen-bond acceptors (Lipinski definition) is 3. The van der Waals surface area contributed by atoms with Crippen molar-refractivity contribution in [2.75, 3.05) is 18.5 Å². The second-order valence-electron chi connectivity index (χ2n) is 4.98. The molecule has 0 saturated carbocycles. The lowest BCUT2D eigenvalue weighted by atomic mass is 10.1. The molecule has 0 amide bonds. The van der Waals surface area contributed by atoms with Crippen LogP contribution < -0.4 is 4.90 Å². The van der Waals surface area contributed by atoms with Crippen LogP contribution in [0.5, 0.6) is 0 Å². The third kappa shape index (κ3) is 3.07. The number of unbranched alkanes of at least 4 members (excludes halogenated alkanes) is 2. The summed E-state index contributed by atoms with van der Waals surface area (Å²) in [6.45, 7) is 3.09. The van der Waals surface area contributed by atoms with Gasteiger partial charge in [-0.15, -0.1) is 0 Å². The largest absolute Gasteiger partial charge is 0.477 e. The fraction of sp³-hybridized carbons (Fsp3) is 0.375. The molecule has 0 atom stereocenters. The Morgan fingerprint density at radius 3 is 2.75 bits per heavy atom. The van der Waals surface area contributed by atoms with E-state index in [1.165, 1.54) is 12.8 Å². The fourth-order valence-electron chi connectivity index (χ4n) is 2.30. The molecule has 0 unspecified atom stereocenters. The number of carboxylic acids is 1. The summed E-state index contributed by atoms with van der Waals surface area (Å²) in [6, 6.07) is 9.33. The van der Waals surface area contributed by atoms with E-state index >= 15 is 0 Å². The number of rotatable bonds is 6. The SMILES string of the molecule is CCCCCN(C)c1cc(C(=O)O)nc2ccccc12. The van der Waals surface area contributed by atoms with E-state index in [1.807, 2.05) is 31.3 Å². The fourth-order valence-corrected chi connectivity index (χ4v) is 2.30. The lowest BCUT2D eigenvalue weighted by Crippen LogP contribution is -2.19. The Balaban J connectivity index is 2.41. The molecule has 1 N–H and O–H groups in total. The highest BCUT2D eigenvalue weighted by Gasteiger charge is 2.13. The molecule has 0 saturated heterocycles. The first-order chi connectivity index (χ1) is 9.63. The highest BCUT2D eigenvalue weighted by Crippen LogP contribution is 2.26. The van der Waals surface area contributed by atoms with Gasteiger partial charge in [0.05, 0.1) is 5.52 Å². The van der Waals surface area contributed by atoms with Crippen LogP contribution >= 0.6 is 0 Å². The summed E-state index contributed by atoms with van der Waals surface area (Å²) in [5, 5.41) is 10.2. The number of carboxylic acid groups (broad SMARTS) is 1. The molecule has 4 heteroatoms. The van der Waals surface area contributed by atoms with Gasteiger partial charge in [-0.1, -0.05) is 38.0 Å². The minimum absolute atomic E-state index is 0.0982. The maximum Gasteiger partial charge on any atom is 0.354 e. The van der Waals surface area contributed by atoms with Gasteiger partial charge < -0.3 is 10.0 Å². The number of aromatic nitrogens is 1. The van der Waals surface area contributed by atoms with Crippen molar-refractivity contribution in [2.45, 2.75) is 26.2 Å². The number of carbonyl (C=O) groups is 1. The molecular formula is C16H20N2O2. The van der Waals surface area contributed by atoms with E-state index in [0.29, 0.717) is 0 Å². The molecule has 0 bridgehead atoms. The first kappa shape index (κ1) is 14.3. The van der Waals surface area contributed by atoms with Crippen molar-refractivity contribution in [3.05, 3.63) is 36.0 Å². The average Bonchev–Trinajstić information content (AvgIpc) is 2.46. The highest BCUT2D eigenvalue weighted by molar-refractivity contribution is 5.97. The molecule has 0 fully saturated rings. The Kier molecular flexibility index (Phi) is 4.56. The molecule has 106 valence electrons. The molecule has 1 heterocycles. The molecule has 2 aromatic rings. The van der Waals surface area contributed by atoms with Crippen LogP contribution in [0.3, 0.4) is 0 Å². The first-order valence-electron chi connectivity index (χ1n) is 6.97. The zero-order valence-electron chi connectivity index (χ0n) is 12.0. The van der Waals surface area contributed by atoms with E-state index in [2.05, 4.69) is 16.8 Å². The summed E-state index contributed by atoms with van der Waals surface area (Å²) in [6.07, 6.45) is 3.45. The van der Waals surface area contributed by atoms with Crippen LogP contribution in [0, 0.1) is 0 Å². The highest BCUT2D eigenvalue weighted by atomic mass is 16.4. The molecule has 1 aromatic heterocycles. The van der Waals surface area contributed by atoms with Crippen LogP contribution in [0.15, 0.2) is 30.3 Å². The zero-order chi connectivity index (χ0) is 14.5. The monoisotopic (exact) mass is 272 g/mol. The Morgan fingerprint density at radius 1 is 1.30 bits per heavy atom. The molecule has 20 heavy (non-hydrogen) atoms. The summed E-state index contributed by atoms with van der Waals surface area (Å²) < 4.78 is 0. The van der Waals surface area contributed by atoms with Crippen molar-refractivity contribution in [3.8, 4) is 0 Å². The van der Waals surface area contributed by atoms with Crippen LogP contribution in [0.1, 0.15) is 36.7 Å². The van der Waals surface area contributed by atoms with Crippen LogP contribution in [0.4, 0.5) is 5.69 Å². The Bertz CT molecular complexity index is 610. The Hall–Kier alpha value is -2.10. The predicted octanol–water partition coefficient (Wildman–Crippen LogP) is 3.56. The molecule has 0 radical (unpaired) electrons. The number of para-hydroxylation sites is 1. The van der Waals surface area contributed by atoms with Gasteiger partial charge in [0.2, 0.25) is 0 Å². The lowest BCUT2D eigenvalue weighted by molar-refractivity contribution is 0.0691. The maximum atomic E-state index is 11.2. The minimum atomic E-state index is -0.987. The van der Waals surface area contributed by atoms with E-state index in [1.54, 1.807) is 6.07 Å². The van der Waals surface area contributed by atoms with Gasteiger partial charge in [0.25, 0.3) is 0 Å². The van der Waals surface area contributed by atoms with Gasteiger partial charge in [-0.3, -0.25) is 0 Å². The number of nitrogens with zero attached hydrogens (tertiary/aromatic N) is 2. The van der Waals surface area contributed by atoms with Gasteiger partial charge >= 0.3 is 5.97 Å². The van der Waals surface area contributed by atoms with Gasteiger partial charge in [-0.25, -0.2) is 9.78 Å². The summed E-state index contributed by atoms with van der Waals surface area (Å²) >= 11 is 0. The standard InChI is InChI=1S/C16H20N2O2/c1-3-4-7-10-18(2)15-11-14(16(19)20)17-13-9-6-5-8-12(13)15/h5-6,8-9,11H,3-4,7,10H2,1-2H3,(H,19,20). The second kappa shape index (κ2) is 6.37. The van der Waals surface area contributed by atoms with Gasteiger partial charge in [-0.2, -0.15) is 0 Å². The minimum Gasteiger partial charge on any atom is -0.477 e. The Labute approximate surface area is 119 Å². The molecule has 0 aliphatic rings. The van der Waals surface area contributed by atoms with Crippen molar-refractivity contribution >= 4 is 22.6 Å². The molecular weight excluding hydrogens is 252 g/mol. The second-order valence-corrected chi connectivity index (χ2v) is 4.98. The Morgan fingerprint density at radius 2 is 2.05 bits per heavy atom. The molecule has 4 nitrogen and oxygen atoms in total. The molecule has 0 aliphatic heterocycles. The number of aromatic carboxylic acids is 1. The van der Waals surface area contributed by atoms with Crippen molar-refractivity contribution in [3.63, 3.8) is 0 Å². The number of hydrogen-bond donors (Lipinski definition) is 1. The van der Waals surface area contributed by atoms with E-state index in [4.69, 9.17) is 0 Å². The van der Waals surface area contributed by atoms with E-state index < -0.39 is 5.97 Å². The van der Waals surface area contributed by atoms with Crippen molar-refractivity contribution < 1.29 is 9.90 Å². The summed E-state index contributed by atoms with van der Waals surface area (Å²) in [4.78, 5) is 17.5. The van der Waals surface area contributed by atoms with Crippen molar-refractivity contribution in [2.24, 2.45) is 0 Å². The lowest BCUT2D eigenvalue weighted by Gasteiger charge is -2.21. The van der Waals surface area contributed by atoms with E-state index in [0.717, 1.165) is 29.6 Å². The maximum absolute atomic E-state index is 11.2. The van der Waals surface area contributed by atoms with E-state index in [-0.39, 0.29) is 5.69 Å². The van der Waals surface area contributed by atoms with Crippen LogP contribution in [0.2, 0.25) is 0 Å². The molecule has 0 aliphatic carbocycles. The number of anilines is 1. The van der Waals surface area contributed by atoms with Crippen LogP contribution in [0.25, 0.3) is 10.9 Å². The summed E-state index contributed by atoms with van der Waals surface area (Å²) in [5.74, 6) is -0.987. The third-order valence-electron chi connectivity index (χ3n) is 3.42. The van der Waals surface area contributed by atoms with Crippen LogP contribution in [-0.4, -0.2) is 29.7 Å². The van der Waals surface area contributed by atoms with Gasteiger partial charge in [0.15, 0.2) is 5.69 Å².